The number of hydrogen-bond acceptors (Lipinski definition) is 2. The molecule has 0 bridgehead atoms. The van der Waals surface area contributed by atoms with Gasteiger partial charge in [-0.3, -0.25) is 0 Å². The molecule has 0 aromatic heterocycles. The van der Waals surface area contributed by atoms with E-state index < -0.39 is 0 Å². The van der Waals surface area contributed by atoms with Gasteiger partial charge in [0.2, 0.25) is 0 Å². The van der Waals surface area contributed by atoms with Gasteiger partial charge >= 0.3 is 0 Å². The highest BCUT2D eigenvalue weighted by Gasteiger charge is 2.53. The second-order valence-electron chi connectivity index (χ2n) is 5.74. The molecule has 1 fully saturated rings. The summed E-state index contributed by atoms with van der Waals surface area (Å²) >= 11 is 0. The molecule has 2 nitrogen and oxygen atoms in total. The Bertz CT molecular complexity index is 221. The van der Waals surface area contributed by atoms with Crippen molar-refractivity contribution in [2.75, 3.05) is 7.05 Å². The van der Waals surface area contributed by atoms with Gasteiger partial charge in [0.05, 0.1) is 11.7 Å². The van der Waals surface area contributed by atoms with Gasteiger partial charge in [-0.05, 0) is 46.6 Å². The molecule has 0 aliphatic heterocycles. The van der Waals surface area contributed by atoms with Gasteiger partial charge in [0, 0.05) is 11.5 Å². The van der Waals surface area contributed by atoms with Gasteiger partial charge in [0.1, 0.15) is 0 Å². The molecule has 2 heteroatoms. The zero-order valence-corrected chi connectivity index (χ0v) is 11.9. The Kier molecular flexibility index (Phi) is 4.42. The Morgan fingerprint density at radius 1 is 1.25 bits per heavy atom. The molecule has 2 atom stereocenters. The van der Waals surface area contributed by atoms with Gasteiger partial charge in [-0.25, -0.2) is 0 Å². The van der Waals surface area contributed by atoms with Crippen molar-refractivity contribution in [3.05, 3.63) is 0 Å². The van der Waals surface area contributed by atoms with Crippen LogP contribution in [0.2, 0.25) is 0 Å². The molecular weight excluding hydrogens is 198 g/mol. The van der Waals surface area contributed by atoms with Crippen LogP contribution in [0.25, 0.3) is 0 Å². The molecule has 16 heavy (non-hydrogen) atoms. The first-order valence-electron chi connectivity index (χ1n) is 6.80. The van der Waals surface area contributed by atoms with E-state index in [1.54, 1.807) is 0 Å². The zero-order valence-electron chi connectivity index (χ0n) is 11.9. The molecule has 1 rings (SSSR count). The topological polar surface area (TPSA) is 21.3 Å². The lowest BCUT2D eigenvalue weighted by Crippen LogP contribution is -2.64. The summed E-state index contributed by atoms with van der Waals surface area (Å²) in [6.07, 6.45) is 5.10. The Morgan fingerprint density at radius 3 is 2.19 bits per heavy atom. The largest absolute Gasteiger partial charge is 0.372 e. The Morgan fingerprint density at radius 2 is 1.81 bits per heavy atom. The summed E-state index contributed by atoms with van der Waals surface area (Å²) in [6, 6.07) is 0.639. The van der Waals surface area contributed by atoms with E-state index in [4.69, 9.17) is 4.74 Å². The van der Waals surface area contributed by atoms with Crippen LogP contribution in [-0.2, 0) is 4.74 Å². The molecule has 2 unspecified atom stereocenters. The molecule has 96 valence electrons. The molecule has 0 amide bonds. The van der Waals surface area contributed by atoms with E-state index in [1.165, 1.54) is 19.3 Å². The molecule has 0 radical (unpaired) electrons. The third kappa shape index (κ3) is 2.28. The van der Waals surface area contributed by atoms with Crippen molar-refractivity contribution >= 4 is 0 Å². The number of rotatable bonds is 6. The Balaban J connectivity index is 2.69. The maximum Gasteiger partial charge on any atom is 0.0668 e. The monoisotopic (exact) mass is 227 g/mol. The van der Waals surface area contributed by atoms with Gasteiger partial charge in [-0.1, -0.05) is 20.8 Å². The summed E-state index contributed by atoms with van der Waals surface area (Å²) in [5, 5.41) is 3.45. The zero-order chi connectivity index (χ0) is 12.4. The highest BCUT2D eigenvalue weighted by atomic mass is 16.5. The Hall–Kier alpha value is -0.0800. The molecule has 0 aromatic carbocycles. The minimum Gasteiger partial charge on any atom is -0.372 e. The molecule has 1 aliphatic rings. The predicted molar refractivity (Wildman–Crippen MR) is 69.7 cm³/mol. The summed E-state index contributed by atoms with van der Waals surface area (Å²) in [7, 11) is 2.08. The van der Waals surface area contributed by atoms with E-state index in [0.717, 1.165) is 6.42 Å². The lowest BCUT2D eigenvalue weighted by Gasteiger charge is -2.57. The van der Waals surface area contributed by atoms with Crippen molar-refractivity contribution < 1.29 is 4.74 Å². The summed E-state index contributed by atoms with van der Waals surface area (Å²) < 4.78 is 6.31. The molecule has 0 spiro atoms. The Labute approximate surface area is 101 Å². The van der Waals surface area contributed by atoms with Crippen molar-refractivity contribution in [2.45, 2.75) is 78.0 Å². The van der Waals surface area contributed by atoms with Crippen LogP contribution in [0.3, 0.4) is 0 Å². The van der Waals surface area contributed by atoms with Crippen LogP contribution in [0.5, 0.6) is 0 Å². The van der Waals surface area contributed by atoms with E-state index in [-0.39, 0.29) is 5.60 Å². The fourth-order valence-electron chi connectivity index (χ4n) is 2.98. The lowest BCUT2D eigenvalue weighted by molar-refractivity contribution is -0.194. The number of nitrogens with one attached hydrogen (secondary N) is 1. The van der Waals surface area contributed by atoms with Crippen molar-refractivity contribution in [1.82, 2.24) is 5.32 Å². The van der Waals surface area contributed by atoms with E-state index >= 15 is 0 Å². The average molecular weight is 227 g/mol. The smallest absolute Gasteiger partial charge is 0.0668 e. The van der Waals surface area contributed by atoms with Crippen molar-refractivity contribution in [2.24, 2.45) is 5.41 Å². The first kappa shape index (κ1) is 14.0. The van der Waals surface area contributed by atoms with Gasteiger partial charge in [-0.15, -0.1) is 0 Å². The highest BCUT2D eigenvalue weighted by molar-refractivity contribution is 5.06. The SMILES string of the molecule is CCC(C)(C)OC1CC(NC)C1(CC)CC. The van der Waals surface area contributed by atoms with Crippen molar-refractivity contribution in [1.29, 1.82) is 0 Å². The summed E-state index contributed by atoms with van der Waals surface area (Å²) in [5.74, 6) is 0. The second-order valence-corrected chi connectivity index (χ2v) is 5.74. The lowest BCUT2D eigenvalue weighted by atomic mass is 9.58. The average Bonchev–Trinajstić information content (AvgIpc) is 2.26. The van der Waals surface area contributed by atoms with Crippen LogP contribution in [0.1, 0.15) is 60.3 Å². The fourth-order valence-corrected chi connectivity index (χ4v) is 2.98. The fraction of sp³-hybridized carbons (Fsp3) is 1.00. The van der Waals surface area contributed by atoms with Gasteiger partial charge < -0.3 is 10.1 Å². The van der Waals surface area contributed by atoms with Crippen LogP contribution in [-0.4, -0.2) is 24.8 Å². The van der Waals surface area contributed by atoms with Crippen LogP contribution < -0.4 is 5.32 Å². The first-order chi connectivity index (χ1) is 7.45. The third-order valence-electron chi connectivity index (χ3n) is 4.76. The number of ether oxygens (including phenoxy) is 1. The van der Waals surface area contributed by atoms with Gasteiger partial charge in [-0.2, -0.15) is 0 Å². The molecule has 1 N–H and O–H groups in total. The standard InChI is InChI=1S/C14H29NO/c1-7-13(4,5)16-12-10-11(15-6)14(12,8-2)9-3/h11-12,15H,7-10H2,1-6H3. The molecule has 0 heterocycles. The van der Waals surface area contributed by atoms with E-state index in [2.05, 4.69) is 47.0 Å². The minimum atomic E-state index is 0.0268. The molecular formula is C14H29NO. The normalized spacial score (nSPS) is 28.9. The summed E-state index contributed by atoms with van der Waals surface area (Å²) in [4.78, 5) is 0. The van der Waals surface area contributed by atoms with Crippen LogP contribution in [0.4, 0.5) is 0 Å². The molecule has 1 saturated carbocycles. The predicted octanol–water partition coefficient (Wildman–Crippen LogP) is 3.36. The summed E-state index contributed by atoms with van der Waals surface area (Å²) in [6.45, 7) is 11.2. The van der Waals surface area contributed by atoms with E-state index in [9.17, 15) is 0 Å². The maximum absolute atomic E-state index is 6.31. The van der Waals surface area contributed by atoms with E-state index in [1.807, 2.05) is 0 Å². The van der Waals surface area contributed by atoms with Crippen LogP contribution >= 0.6 is 0 Å². The van der Waals surface area contributed by atoms with Crippen molar-refractivity contribution in [3.8, 4) is 0 Å². The minimum absolute atomic E-state index is 0.0268. The highest BCUT2D eigenvalue weighted by Crippen LogP contribution is 2.50. The third-order valence-corrected chi connectivity index (χ3v) is 4.76. The van der Waals surface area contributed by atoms with Crippen molar-refractivity contribution in [3.63, 3.8) is 0 Å². The molecule has 0 saturated heterocycles. The van der Waals surface area contributed by atoms with Crippen LogP contribution in [0, 0.1) is 5.41 Å². The second kappa shape index (κ2) is 5.05. The van der Waals surface area contributed by atoms with Crippen LogP contribution in [0.15, 0.2) is 0 Å². The first-order valence-corrected chi connectivity index (χ1v) is 6.80. The quantitative estimate of drug-likeness (QED) is 0.751. The van der Waals surface area contributed by atoms with Gasteiger partial charge in [0.25, 0.3) is 0 Å². The molecule has 0 aromatic rings. The maximum atomic E-state index is 6.31. The molecule has 1 aliphatic carbocycles. The summed E-state index contributed by atoms with van der Waals surface area (Å²) in [5.41, 5.74) is 0.389. The van der Waals surface area contributed by atoms with Gasteiger partial charge in [0.15, 0.2) is 0 Å². The van der Waals surface area contributed by atoms with E-state index in [0.29, 0.717) is 17.6 Å². The number of hydrogen-bond donors (Lipinski definition) is 1.